The number of hydrogen-bond donors (Lipinski definition) is 0. The first-order chi connectivity index (χ1) is 18.7. The van der Waals surface area contributed by atoms with Crippen LogP contribution in [0.1, 0.15) is 31.2 Å². The largest absolute Gasteiger partial charge is 0.463 e. The molecule has 0 amide bonds. The Balaban J connectivity index is 1.62. The van der Waals surface area contributed by atoms with Gasteiger partial charge in [-0.05, 0) is 61.9 Å². The van der Waals surface area contributed by atoms with Crippen molar-refractivity contribution in [2.24, 2.45) is 4.99 Å². The molecule has 0 saturated heterocycles. The second-order valence-electron chi connectivity index (χ2n) is 9.12. The summed E-state index contributed by atoms with van der Waals surface area (Å²) < 4.78 is 13.3. The highest BCUT2D eigenvalue weighted by Gasteiger charge is 2.33. The van der Waals surface area contributed by atoms with Gasteiger partial charge in [0.2, 0.25) is 0 Å². The maximum absolute atomic E-state index is 13.8. The molecule has 4 aromatic rings. The number of nitrogens with zero attached hydrogens (tertiary/aromatic N) is 3. The fraction of sp³-hybridized carbons (Fsp3) is 0.207. The van der Waals surface area contributed by atoms with E-state index in [9.17, 15) is 9.59 Å². The normalized spacial score (nSPS) is 15.2. The van der Waals surface area contributed by atoms with Crippen molar-refractivity contribution in [1.82, 2.24) is 4.57 Å². The van der Waals surface area contributed by atoms with Crippen LogP contribution in [0.3, 0.4) is 0 Å². The van der Waals surface area contributed by atoms with Crippen molar-refractivity contribution in [3.63, 3.8) is 0 Å². The Hall–Kier alpha value is -3.59. The van der Waals surface area contributed by atoms with Gasteiger partial charge >= 0.3 is 5.97 Å². The summed E-state index contributed by atoms with van der Waals surface area (Å²) in [6.07, 6.45) is 1.68. The predicted molar refractivity (Wildman–Crippen MR) is 155 cm³/mol. The number of hydrogen-bond acceptors (Lipinski definition) is 7. The molecule has 1 unspecified atom stereocenters. The predicted octanol–water partition coefficient (Wildman–Crippen LogP) is 5.43. The molecule has 0 fully saturated rings. The molecule has 0 N–H and O–H groups in total. The number of aromatic nitrogens is 1. The van der Waals surface area contributed by atoms with Gasteiger partial charge in [-0.1, -0.05) is 46.7 Å². The molecule has 200 valence electrons. The molecule has 7 nitrogen and oxygen atoms in total. The average Bonchev–Trinajstić information content (AvgIpc) is 3.49. The number of allylic oxidation sites excluding steroid dienone is 1. The van der Waals surface area contributed by atoms with E-state index < -0.39 is 12.0 Å². The first kappa shape index (κ1) is 27.0. The highest BCUT2D eigenvalue weighted by Crippen LogP contribution is 2.32. The minimum Gasteiger partial charge on any atom is -0.463 e. The van der Waals surface area contributed by atoms with Crippen LogP contribution in [0.2, 0.25) is 10.0 Å². The Labute approximate surface area is 238 Å². The van der Waals surface area contributed by atoms with E-state index in [1.807, 2.05) is 49.3 Å². The second-order valence-corrected chi connectivity index (χ2v) is 10.9. The van der Waals surface area contributed by atoms with Crippen molar-refractivity contribution in [3.8, 4) is 11.3 Å². The first-order valence-electron chi connectivity index (χ1n) is 12.2. The number of rotatable bonds is 6. The molecule has 10 heteroatoms. The maximum atomic E-state index is 13.8. The van der Waals surface area contributed by atoms with Crippen LogP contribution in [0.5, 0.6) is 0 Å². The summed E-state index contributed by atoms with van der Waals surface area (Å²) >= 11 is 13.4. The molecule has 0 aliphatic carbocycles. The highest BCUT2D eigenvalue weighted by atomic mass is 35.5. The van der Waals surface area contributed by atoms with E-state index in [1.54, 1.807) is 48.8 Å². The van der Waals surface area contributed by atoms with Gasteiger partial charge in [0.15, 0.2) is 4.80 Å². The zero-order valence-electron chi connectivity index (χ0n) is 21.7. The summed E-state index contributed by atoms with van der Waals surface area (Å²) in [5.74, 6) is 0.591. The monoisotopic (exact) mass is 581 g/mol. The Kier molecular flexibility index (Phi) is 7.53. The van der Waals surface area contributed by atoms with Crippen LogP contribution in [-0.4, -0.2) is 31.2 Å². The third-order valence-electron chi connectivity index (χ3n) is 6.35. The molecule has 1 atom stereocenters. The van der Waals surface area contributed by atoms with E-state index in [0.717, 1.165) is 16.8 Å². The van der Waals surface area contributed by atoms with Crippen molar-refractivity contribution >= 4 is 52.3 Å². The van der Waals surface area contributed by atoms with Crippen LogP contribution >= 0.6 is 34.5 Å². The van der Waals surface area contributed by atoms with Crippen LogP contribution in [0.25, 0.3) is 17.4 Å². The topological polar surface area (TPSA) is 77.0 Å². The van der Waals surface area contributed by atoms with Crippen molar-refractivity contribution in [3.05, 3.63) is 107 Å². The van der Waals surface area contributed by atoms with E-state index in [1.165, 1.54) is 11.3 Å². The van der Waals surface area contributed by atoms with E-state index in [2.05, 4.69) is 4.99 Å². The summed E-state index contributed by atoms with van der Waals surface area (Å²) in [4.78, 5) is 34.0. The van der Waals surface area contributed by atoms with Gasteiger partial charge in [0.05, 0.1) is 38.5 Å². The molecule has 5 rings (SSSR count). The second kappa shape index (κ2) is 10.9. The summed E-state index contributed by atoms with van der Waals surface area (Å²) in [6, 6.07) is 15.9. The summed E-state index contributed by atoms with van der Waals surface area (Å²) in [6.45, 7) is 3.73. The number of benzene rings is 2. The molecular weight excluding hydrogens is 557 g/mol. The molecule has 3 heterocycles. The molecule has 0 radical (unpaired) electrons. The Morgan fingerprint density at radius 1 is 1.13 bits per heavy atom. The molecular formula is C29H25Cl2N3O4S. The lowest BCUT2D eigenvalue weighted by Crippen LogP contribution is -2.39. The highest BCUT2D eigenvalue weighted by molar-refractivity contribution is 7.07. The molecule has 1 aliphatic heterocycles. The number of anilines is 1. The van der Waals surface area contributed by atoms with Gasteiger partial charge in [-0.2, -0.15) is 0 Å². The molecule has 39 heavy (non-hydrogen) atoms. The van der Waals surface area contributed by atoms with E-state index in [-0.39, 0.29) is 12.2 Å². The number of thiazole rings is 1. The number of halogens is 2. The minimum absolute atomic E-state index is 0.214. The fourth-order valence-corrected chi connectivity index (χ4v) is 5.75. The van der Waals surface area contributed by atoms with Gasteiger partial charge in [-0.15, -0.1) is 0 Å². The van der Waals surface area contributed by atoms with Gasteiger partial charge in [0, 0.05) is 31.4 Å². The number of fused-ring (bicyclic) bond motifs is 1. The van der Waals surface area contributed by atoms with Gasteiger partial charge in [-0.25, -0.2) is 9.79 Å². The SMILES string of the molecule is CCOC(=O)C1=C(C)N=c2s/c(=C/c3ccc(-c4ccc(Cl)c(Cl)c4)o3)c(=O)n2C1c1ccc(N(C)C)cc1. The molecule has 2 aromatic heterocycles. The van der Waals surface area contributed by atoms with Crippen molar-refractivity contribution in [2.45, 2.75) is 19.9 Å². The minimum atomic E-state index is -0.679. The smallest absolute Gasteiger partial charge is 0.338 e. The van der Waals surface area contributed by atoms with Crippen LogP contribution in [-0.2, 0) is 9.53 Å². The summed E-state index contributed by atoms with van der Waals surface area (Å²) in [5, 5.41) is 0.878. The maximum Gasteiger partial charge on any atom is 0.338 e. The summed E-state index contributed by atoms with van der Waals surface area (Å²) in [7, 11) is 3.90. The van der Waals surface area contributed by atoms with Crippen LogP contribution < -0.4 is 19.8 Å². The van der Waals surface area contributed by atoms with Gasteiger partial charge in [-0.3, -0.25) is 9.36 Å². The lowest BCUT2D eigenvalue weighted by molar-refractivity contribution is -0.139. The van der Waals surface area contributed by atoms with Crippen molar-refractivity contribution < 1.29 is 13.9 Å². The molecule has 0 bridgehead atoms. The van der Waals surface area contributed by atoms with E-state index in [0.29, 0.717) is 42.2 Å². The third-order valence-corrected chi connectivity index (χ3v) is 8.07. The molecule has 0 spiro atoms. The number of carbonyl (C=O) groups excluding carboxylic acids is 1. The number of furan rings is 1. The Morgan fingerprint density at radius 3 is 2.54 bits per heavy atom. The lowest BCUT2D eigenvalue weighted by atomic mass is 9.95. The zero-order valence-corrected chi connectivity index (χ0v) is 24.0. The molecule has 1 aliphatic rings. The van der Waals surface area contributed by atoms with Crippen LogP contribution in [0.4, 0.5) is 5.69 Å². The lowest BCUT2D eigenvalue weighted by Gasteiger charge is -2.25. The standard InChI is InChI=1S/C29H25Cl2N3O4S/c1-5-37-28(36)25-16(2)32-29-34(26(25)17-6-9-19(10-7-17)33(3)4)27(35)24(39-29)15-20-11-13-23(38-20)18-8-12-21(30)22(31)14-18/h6-15,26H,5H2,1-4H3/b24-15+. The first-order valence-corrected chi connectivity index (χ1v) is 13.8. The van der Waals surface area contributed by atoms with Crippen LogP contribution in [0, 0.1) is 0 Å². The zero-order chi connectivity index (χ0) is 27.8. The van der Waals surface area contributed by atoms with Gasteiger partial charge in [0.25, 0.3) is 5.56 Å². The summed E-state index contributed by atoms with van der Waals surface area (Å²) in [5.41, 5.74) is 3.13. The fourth-order valence-electron chi connectivity index (χ4n) is 4.43. The van der Waals surface area contributed by atoms with Crippen molar-refractivity contribution in [2.75, 3.05) is 25.6 Å². The number of carbonyl (C=O) groups is 1. The van der Waals surface area contributed by atoms with Gasteiger partial charge in [0.1, 0.15) is 11.5 Å². The quantitative estimate of drug-likeness (QED) is 0.284. The number of esters is 1. The number of ether oxygens (including phenoxy) is 1. The third kappa shape index (κ3) is 5.20. The molecule has 0 saturated carbocycles. The average molecular weight is 583 g/mol. The van der Waals surface area contributed by atoms with Crippen LogP contribution in [0.15, 0.2) is 80.1 Å². The Bertz CT molecular complexity index is 1780. The Morgan fingerprint density at radius 2 is 1.87 bits per heavy atom. The van der Waals surface area contributed by atoms with Crippen molar-refractivity contribution in [1.29, 1.82) is 0 Å². The van der Waals surface area contributed by atoms with E-state index >= 15 is 0 Å². The molecule has 2 aromatic carbocycles. The van der Waals surface area contributed by atoms with Gasteiger partial charge < -0.3 is 14.1 Å². The van der Waals surface area contributed by atoms with E-state index in [4.69, 9.17) is 32.4 Å².